The number of amides is 1. The molecule has 1 aliphatic rings. The number of aromatic nitrogens is 2. The number of hydrogen-bond donors (Lipinski definition) is 2. The van der Waals surface area contributed by atoms with Crippen molar-refractivity contribution >= 4 is 27.7 Å². The average molecular weight is 394 g/mol. The van der Waals surface area contributed by atoms with Crippen LogP contribution in [0.4, 0.5) is 0 Å². The van der Waals surface area contributed by atoms with Crippen LogP contribution in [0.1, 0.15) is 37.8 Å². The van der Waals surface area contributed by atoms with Gasteiger partial charge in [-0.3, -0.25) is 9.78 Å². The maximum Gasteiger partial charge on any atom is 0.242 e. The zero-order valence-corrected chi connectivity index (χ0v) is 17.1. The monoisotopic (exact) mass is 393 g/mol. The summed E-state index contributed by atoms with van der Waals surface area (Å²) >= 11 is 0. The molecule has 6 heteroatoms. The average Bonchev–Trinajstić information content (AvgIpc) is 3.09. The van der Waals surface area contributed by atoms with Crippen molar-refractivity contribution in [2.45, 2.75) is 45.2 Å². The number of carbonyl (C=O) groups excluding carboxylic acids is 1. The normalized spacial score (nSPS) is 14.7. The highest BCUT2D eigenvalue weighted by atomic mass is 16.2. The molecule has 0 aliphatic carbocycles. The van der Waals surface area contributed by atoms with E-state index in [9.17, 15) is 4.79 Å². The van der Waals surface area contributed by atoms with Gasteiger partial charge in [0.15, 0.2) is 0 Å². The number of fused-ring (bicyclic) bond motifs is 3. The molecule has 1 amide bonds. The molecule has 4 rings (SSSR count). The quantitative estimate of drug-likeness (QED) is 0.577. The van der Waals surface area contributed by atoms with Gasteiger partial charge in [-0.05, 0) is 57.3 Å². The summed E-state index contributed by atoms with van der Waals surface area (Å²) in [5.74, 6) is 0.207. The van der Waals surface area contributed by atoms with Crippen LogP contribution in [-0.2, 0) is 17.9 Å². The molecule has 0 atom stereocenters. The number of nitrogens with zero attached hydrogens (tertiary/aromatic N) is 3. The maximum absolute atomic E-state index is 13.1. The molecule has 0 radical (unpaired) electrons. The van der Waals surface area contributed by atoms with Crippen LogP contribution < -0.4 is 11.1 Å². The van der Waals surface area contributed by atoms with Crippen LogP contribution in [0.5, 0.6) is 0 Å². The molecule has 0 saturated carbocycles. The third-order valence-corrected chi connectivity index (χ3v) is 5.86. The highest BCUT2D eigenvalue weighted by Crippen LogP contribution is 2.30. The van der Waals surface area contributed by atoms with E-state index in [4.69, 9.17) is 5.73 Å². The van der Waals surface area contributed by atoms with Gasteiger partial charge >= 0.3 is 0 Å². The Morgan fingerprint density at radius 3 is 2.72 bits per heavy atom. The van der Waals surface area contributed by atoms with Gasteiger partial charge < -0.3 is 20.5 Å². The Kier molecular flexibility index (Phi) is 6.42. The van der Waals surface area contributed by atoms with E-state index in [0.717, 1.165) is 68.6 Å². The Morgan fingerprint density at radius 1 is 1.07 bits per heavy atom. The van der Waals surface area contributed by atoms with Crippen LogP contribution >= 0.6 is 0 Å². The molecule has 1 aliphatic heterocycles. The van der Waals surface area contributed by atoms with Crippen molar-refractivity contribution in [1.29, 1.82) is 0 Å². The van der Waals surface area contributed by atoms with E-state index in [-0.39, 0.29) is 5.91 Å². The zero-order chi connectivity index (χ0) is 20.1. The summed E-state index contributed by atoms with van der Waals surface area (Å²) in [6.07, 6.45) is 7.40. The van der Waals surface area contributed by atoms with E-state index < -0.39 is 0 Å². The summed E-state index contributed by atoms with van der Waals surface area (Å²) in [7, 11) is 0. The minimum atomic E-state index is 0.207. The molecule has 6 nitrogen and oxygen atoms in total. The molecule has 0 bridgehead atoms. The van der Waals surface area contributed by atoms with Gasteiger partial charge in [-0.25, -0.2) is 0 Å². The van der Waals surface area contributed by atoms with Crippen LogP contribution in [0, 0.1) is 0 Å². The third-order valence-electron chi connectivity index (χ3n) is 5.86. The van der Waals surface area contributed by atoms with Gasteiger partial charge in [-0.15, -0.1) is 0 Å². The molecule has 3 heterocycles. The van der Waals surface area contributed by atoms with Crippen molar-refractivity contribution in [2.24, 2.45) is 5.73 Å². The first-order valence-corrected chi connectivity index (χ1v) is 10.8. The molecule has 0 unspecified atom stereocenters. The molecule has 0 spiro atoms. The lowest BCUT2D eigenvalue weighted by Gasteiger charge is -2.27. The van der Waals surface area contributed by atoms with Crippen LogP contribution in [0.15, 0.2) is 36.5 Å². The van der Waals surface area contributed by atoms with E-state index in [2.05, 4.69) is 39.1 Å². The first-order valence-electron chi connectivity index (χ1n) is 10.8. The number of hydrogen-bond acceptors (Lipinski definition) is 4. The number of likely N-dealkylation sites (tertiary alicyclic amines) is 1. The van der Waals surface area contributed by atoms with Crippen molar-refractivity contribution in [3.8, 4) is 0 Å². The standard InChI is InChI=1S/C23H31N5O/c24-11-4-5-12-25-16-20-23-19(10-13-26-20)18-8-2-3-9-21(18)28(23)17-22(29)27-14-6-1-7-15-27/h2-3,8-10,13,25H,1,4-7,11-12,14-17,24H2. The largest absolute Gasteiger partial charge is 0.341 e. The number of para-hydroxylation sites is 1. The topological polar surface area (TPSA) is 76.2 Å². The summed E-state index contributed by atoms with van der Waals surface area (Å²) in [4.78, 5) is 19.7. The van der Waals surface area contributed by atoms with E-state index in [1.165, 1.54) is 17.2 Å². The Balaban J connectivity index is 1.67. The highest BCUT2D eigenvalue weighted by Gasteiger charge is 2.21. The van der Waals surface area contributed by atoms with Gasteiger partial charge in [0.1, 0.15) is 6.54 Å². The summed E-state index contributed by atoms with van der Waals surface area (Å²) in [5.41, 5.74) is 8.76. The SMILES string of the molecule is NCCCCNCc1nccc2c3ccccc3n(CC(=O)N3CCCCC3)c12. The van der Waals surface area contributed by atoms with Gasteiger partial charge in [-0.1, -0.05) is 18.2 Å². The van der Waals surface area contributed by atoms with Gasteiger partial charge in [0.05, 0.1) is 11.2 Å². The zero-order valence-electron chi connectivity index (χ0n) is 17.1. The smallest absolute Gasteiger partial charge is 0.242 e. The summed E-state index contributed by atoms with van der Waals surface area (Å²) in [5, 5.41) is 5.84. The van der Waals surface area contributed by atoms with E-state index in [0.29, 0.717) is 13.1 Å². The van der Waals surface area contributed by atoms with Gasteiger partial charge in [0, 0.05) is 42.1 Å². The molecule has 1 fully saturated rings. The van der Waals surface area contributed by atoms with Crippen molar-refractivity contribution in [1.82, 2.24) is 19.8 Å². The molecule has 2 aromatic heterocycles. The number of rotatable bonds is 8. The second-order valence-electron chi connectivity index (χ2n) is 7.87. The number of piperidine rings is 1. The fraction of sp³-hybridized carbons (Fsp3) is 0.478. The summed E-state index contributed by atoms with van der Waals surface area (Å²) in [6, 6.07) is 10.4. The maximum atomic E-state index is 13.1. The number of nitrogens with two attached hydrogens (primary N) is 1. The van der Waals surface area contributed by atoms with Crippen molar-refractivity contribution in [2.75, 3.05) is 26.2 Å². The van der Waals surface area contributed by atoms with E-state index in [1.807, 2.05) is 17.2 Å². The molecular weight excluding hydrogens is 362 g/mol. The minimum Gasteiger partial charge on any atom is -0.341 e. The van der Waals surface area contributed by atoms with Crippen molar-refractivity contribution in [3.63, 3.8) is 0 Å². The molecule has 1 aromatic carbocycles. The van der Waals surface area contributed by atoms with Crippen molar-refractivity contribution < 1.29 is 4.79 Å². The number of benzene rings is 1. The number of carbonyl (C=O) groups is 1. The van der Waals surface area contributed by atoms with Gasteiger partial charge in [0.25, 0.3) is 0 Å². The number of unbranched alkanes of at least 4 members (excludes halogenated alkanes) is 1. The van der Waals surface area contributed by atoms with Crippen LogP contribution in [-0.4, -0.2) is 46.5 Å². The van der Waals surface area contributed by atoms with Crippen LogP contribution in [0.2, 0.25) is 0 Å². The van der Waals surface area contributed by atoms with E-state index >= 15 is 0 Å². The summed E-state index contributed by atoms with van der Waals surface area (Å²) in [6.45, 7) is 4.46. The molecular formula is C23H31N5O. The van der Waals surface area contributed by atoms with Crippen LogP contribution in [0.3, 0.4) is 0 Å². The Morgan fingerprint density at radius 2 is 1.90 bits per heavy atom. The highest BCUT2D eigenvalue weighted by molar-refractivity contribution is 6.09. The minimum absolute atomic E-state index is 0.207. The Labute approximate surface area is 172 Å². The first-order chi connectivity index (χ1) is 14.3. The summed E-state index contributed by atoms with van der Waals surface area (Å²) < 4.78 is 2.17. The molecule has 154 valence electrons. The lowest BCUT2D eigenvalue weighted by molar-refractivity contribution is -0.132. The fourth-order valence-electron chi connectivity index (χ4n) is 4.35. The second kappa shape index (κ2) is 9.37. The second-order valence-corrected chi connectivity index (χ2v) is 7.87. The van der Waals surface area contributed by atoms with E-state index in [1.54, 1.807) is 0 Å². The predicted molar refractivity (Wildman–Crippen MR) is 118 cm³/mol. The van der Waals surface area contributed by atoms with Gasteiger partial charge in [0.2, 0.25) is 5.91 Å². The Hall–Kier alpha value is -2.44. The number of pyridine rings is 1. The molecule has 3 N–H and O–H groups in total. The Bertz CT molecular complexity index is 974. The number of nitrogens with one attached hydrogen (secondary N) is 1. The molecule has 3 aromatic rings. The lowest BCUT2D eigenvalue weighted by Crippen LogP contribution is -2.37. The first kappa shape index (κ1) is 19.9. The van der Waals surface area contributed by atoms with Crippen LogP contribution in [0.25, 0.3) is 21.8 Å². The fourth-order valence-corrected chi connectivity index (χ4v) is 4.35. The molecule has 1 saturated heterocycles. The molecule has 29 heavy (non-hydrogen) atoms. The predicted octanol–water partition coefficient (Wildman–Crippen LogP) is 3.03. The lowest BCUT2D eigenvalue weighted by atomic mass is 10.1. The van der Waals surface area contributed by atoms with Crippen molar-refractivity contribution in [3.05, 3.63) is 42.2 Å². The van der Waals surface area contributed by atoms with Gasteiger partial charge in [-0.2, -0.15) is 0 Å². The third kappa shape index (κ3) is 4.28.